The molecule has 1 fully saturated rings. The molecule has 2 aromatic rings. The monoisotopic (exact) mass is 393 g/mol. The Morgan fingerprint density at radius 2 is 2.19 bits per heavy atom. The molecule has 0 saturated carbocycles. The Bertz CT molecular complexity index is 789. The number of rotatable bonds is 5. The van der Waals surface area contributed by atoms with Crippen molar-refractivity contribution in [3.05, 3.63) is 40.9 Å². The molecule has 0 bridgehead atoms. The molecule has 9 heteroatoms. The number of pyridine rings is 1. The van der Waals surface area contributed by atoms with Gasteiger partial charge in [0.2, 0.25) is 0 Å². The van der Waals surface area contributed by atoms with Gasteiger partial charge in [0.25, 0.3) is 5.91 Å². The van der Waals surface area contributed by atoms with Gasteiger partial charge >= 0.3 is 0 Å². The van der Waals surface area contributed by atoms with Gasteiger partial charge in [-0.25, -0.2) is 15.0 Å². The standard InChI is InChI=1S/C17H20ClN5O2S/c1-19-17(24)14-5-12(21-9-22-14)13-3-10(4-16(18)23-13)15-7-20-6-11(25-15)8-26-2/h3-5,9,11,15,20H,6-8H2,1-2H3,(H,19,24)/t11-,15-/m0/s1. The third kappa shape index (κ3) is 4.50. The number of carbonyl (C=O) groups is 1. The number of halogens is 1. The highest BCUT2D eigenvalue weighted by molar-refractivity contribution is 7.98. The maximum atomic E-state index is 11.8. The number of thioether (sulfide) groups is 1. The van der Waals surface area contributed by atoms with E-state index in [1.807, 2.05) is 6.07 Å². The molecular formula is C17H20ClN5O2S. The molecule has 7 nitrogen and oxygen atoms in total. The van der Waals surface area contributed by atoms with E-state index in [0.29, 0.717) is 23.1 Å². The van der Waals surface area contributed by atoms with Crippen LogP contribution in [0.15, 0.2) is 24.5 Å². The largest absolute Gasteiger partial charge is 0.367 e. The van der Waals surface area contributed by atoms with Crippen LogP contribution in [0.25, 0.3) is 11.4 Å². The number of aromatic nitrogens is 3. The van der Waals surface area contributed by atoms with Crippen molar-refractivity contribution in [2.75, 3.05) is 32.1 Å². The zero-order valence-electron chi connectivity index (χ0n) is 14.5. The Hall–Kier alpha value is -1.74. The van der Waals surface area contributed by atoms with Crippen LogP contribution in [-0.2, 0) is 4.74 Å². The van der Waals surface area contributed by atoms with E-state index in [2.05, 4.69) is 31.8 Å². The summed E-state index contributed by atoms with van der Waals surface area (Å²) in [6.45, 7) is 1.54. The van der Waals surface area contributed by atoms with Crippen LogP contribution in [0.1, 0.15) is 22.2 Å². The quantitative estimate of drug-likeness (QED) is 0.750. The van der Waals surface area contributed by atoms with Crippen molar-refractivity contribution in [3.63, 3.8) is 0 Å². The Morgan fingerprint density at radius 3 is 2.96 bits per heavy atom. The van der Waals surface area contributed by atoms with Gasteiger partial charge in [-0.1, -0.05) is 11.6 Å². The van der Waals surface area contributed by atoms with E-state index in [9.17, 15) is 4.79 Å². The van der Waals surface area contributed by atoms with Gasteiger partial charge in [-0.15, -0.1) is 0 Å². The second-order valence-electron chi connectivity index (χ2n) is 5.84. The fourth-order valence-corrected chi connectivity index (χ4v) is 3.55. The van der Waals surface area contributed by atoms with Gasteiger partial charge in [-0.05, 0) is 30.0 Å². The van der Waals surface area contributed by atoms with Crippen LogP contribution in [0.5, 0.6) is 0 Å². The molecular weight excluding hydrogens is 374 g/mol. The molecule has 3 heterocycles. The molecule has 2 aromatic heterocycles. The first kappa shape index (κ1) is 19.0. The first-order valence-corrected chi connectivity index (χ1v) is 9.95. The molecule has 2 atom stereocenters. The number of morpholine rings is 1. The SMILES string of the molecule is CNC(=O)c1cc(-c2cc([C@@H]3CNC[C@@H](CSC)O3)cc(Cl)n2)ncn1. The topological polar surface area (TPSA) is 89.0 Å². The number of nitrogens with zero attached hydrogens (tertiary/aromatic N) is 3. The molecule has 3 rings (SSSR count). The lowest BCUT2D eigenvalue weighted by Gasteiger charge is -2.31. The van der Waals surface area contributed by atoms with Crippen LogP contribution in [-0.4, -0.2) is 59.1 Å². The highest BCUT2D eigenvalue weighted by Gasteiger charge is 2.24. The first-order chi connectivity index (χ1) is 12.6. The molecule has 1 saturated heterocycles. The molecule has 0 unspecified atom stereocenters. The van der Waals surface area contributed by atoms with Gasteiger partial charge in [-0.2, -0.15) is 11.8 Å². The van der Waals surface area contributed by atoms with Crippen molar-refractivity contribution in [3.8, 4) is 11.4 Å². The normalized spacial score (nSPS) is 20.0. The summed E-state index contributed by atoms with van der Waals surface area (Å²) in [4.78, 5) is 24.3. The molecule has 0 radical (unpaired) electrons. The van der Waals surface area contributed by atoms with E-state index in [0.717, 1.165) is 17.9 Å². The highest BCUT2D eigenvalue weighted by Crippen LogP contribution is 2.28. The van der Waals surface area contributed by atoms with Crippen LogP contribution in [0.4, 0.5) is 0 Å². The molecule has 2 N–H and O–H groups in total. The van der Waals surface area contributed by atoms with Crippen LogP contribution < -0.4 is 10.6 Å². The van der Waals surface area contributed by atoms with Crippen molar-refractivity contribution in [1.29, 1.82) is 0 Å². The lowest BCUT2D eigenvalue weighted by atomic mass is 10.1. The van der Waals surface area contributed by atoms with Crippen LogP contribution in [0.2, 0.25) is 5.15 Å². The minimum absolute atomic E-state index is 0.111. The van der Waals surface area contributed by atoms with E-state index in [1.165, 1.54) is 6.33 Å². The van der Waals surface area contributed by atoms with Gasteiger partial charge in [-0.3, -0.25) is 4.79 Å². The van der Waals surface area contributed by atoms with Crippen molar-refractivity contribution in [2.24, 2.45) is 0 Å². The lowest BCUT2D eigenvalue weighted by Crippen LogP contribution is -2.41. The van der Waals surface area contributed by atoms with Gasteiger partial charge in [0, 0.05) is 25.9 Å². The van der Waals surface area contributed by atoms with Crippen molar-refractivity contribution < 1.29 is 9.53 Å². The van der Waals surface area contributed by atoms with Crippen molar-refractivity contribution >= 4 is 29.3 Å². The van der Waals surface area contributed by atoms with E-state index in [4.69, 9.17) is 16.3 Å². The predicted molar refractivity (Wildman–Crippen MR) is 103 cm³/mol. The Labute approximate surface area is 161 Å². The lowest BCUT2D eigenvalue weighted by molar-refractivity contribution is -0.0261. The molecule has 138 valence electrons. The first-order valence-electron chi connectivity index (χ1n) is 8.17. The Kier molecular flexibility index (Phi) is 6.42. The number of hydrogen-bond donors (Lipinski definition) is 2. The summed E-state index contributed by atoms with van der Waals surface area (Å²) in [7, 11) is 1.55. The molecule has 0 aromatic carbocycles. The second kappa shape index (κ2) is 8.77. The van der Waals surface area contributed by atoms with Crippen molar-refractivity contribution in [1.82, 2.24) is 25.6 Å². The van der Waals surface area contributed by atoms with Crippen molar-refractivity contribution in [2.45, 2.75) is 12.2 Å². The summed E-state index contributed by atoms with van der Waals surface area (Å²) in [6.07, 6.45) is 3.45. The number of amides is 1. The second-order valence-corrected chi connectivity index (χ2v) is 7.13. The fraction of sp³-hybridized carbons (Fsp3) is 0.412. The summed E-state index contributed by atoms with van der Waals surface area (Å²) in [5.74, 6) is 0.645. The zero-order valence-corrected chi connectivity index (χ0v) is 16.1. The smallest absolute Gasteiger partial charge is 0.269 e. The molecule has 1 aliphatic heterocycles. The molecule has 1 amide bonds. The predicted octanol–water partition coefficient (Wildman–Crippen LogP) is 1.94. The third-order valence-corrected chi connectivity index (χ3v) is 4.89. The van der Waals surface area contributed by atoms with E-state index >= 15 is 0 Å². The molecule has 26 heavy (non-hydrogen) atoms. The van der Waals surface area contributed by atoms with Gasteiger partial charge in [0.15, 0.2) is 0 Å². The Balaban J connectivity index is 1.89. The molecule has 0 aliphatic carbocycles. The third-order valence-electron chi connectivity index (χ3n) is 3.99. The highest BCUT2D eigenvalue weighted by atomic mass is 35.5. The van der Waals surface area contributed by atoms with Gasteiger partial charge in [0.1, 0.15) is 17.2 Å². The number of nitrogens with one attached hydrogen (secondary N) is 2. The van der Waals surface area contributed by atoms with E-state index in [-0.39, 0.29) is 23.8 Å². The van der Waals surface area contributed by atoms with Crippen LogP contribution in [0, 0.1) is 0 Å². The summed E-state index contributed by atoms with van der Waals surface area (Å²) in [6, 6.07) is 5.30. The van der Waals surface area contributed by atoms with Gasteiger partial charge in [0.05, 0.1) is 23.6 Å². The number of ether oxygens (including phenoxy) is 1. The summed E-state index contributed by atoms with van der Waals surface area (Å²) in [5.41, 5.74) is 2.32. The van der Waals surface area contributed by atoms with Crippen LogP contribution >= 0.6 is 23.4 Å². The van der Waals surface area contributed by atoms with E-state index in [1.54, 1.807) is 30.9 Å². The Morgan fingerprint density at radius 1 is 1.35 bits per heavy atom. The minimum atomic E-state index is -0.282. The minimum Gasteiger partial charge on any atom is -0.367 e. The number of hydrogen-bond acceptors (Lipinski definition) is 7. The van der Waals surface area contributed by atoms with E-state index < -0.39 is 0 Å². The maximum absolute atomic E-state index is 11.8. The fourth-order valence-electron chi connectivity index (χ4n) is 2.77. The number of carbonyl (C=O) groups excluding carboxylic acids is 1. The summed E-state index contributed by atoms with van der Waals surface area (Å²) < 4.78 is 6.17. The summed E-state index contributed by atoms with van der Waals surface area (Å²) in [5, 5.41) is 6.30. The molecule has 0 spiro atoms. The zero-order chi connectivity index (χ0) is 18.5. The summed E-state index contributed by atoms with van der Waals surface area (Å²) >= 11 is 7.99. The average Bonchev–Trinajstić information content (AvgIpc) is 2.67. The average molecular weight is 394 g/mol. The maximum Gasteiger partial charge on any atom is 0.269 e. The van der Waals surface area contributed by atoms with Crippen LogP contribution in [0.3, 0.4) is 0 Å². The molecule has 1 aliphatic rings. The van der Waals surface area contributed by atoms with Gasteiger partial charge < -0.3 is 15.4 Å².